The Morgan fingerprint density at radius 2 is 2.29 bits per heavy atom. The van der Waals surface area contributed by atoms with Crippen molar-refractivity contribution in [2.45, 2.75) is 39.3 Å². The first-order chi connectivity index (χ1) is 8.29. The van der Waals surface area contributed by atoms with Gasteiger partial charge in [-0.3, -0.25) is 9.58 Å². The van der Waals surface area contributed by atoms with Crippen LogP contribution in [0, 0.1) is 0 Å². The summed E-state index contributed by atoms with van der Waals surface area (Å²) in [5.41, 5.74) is 1.20. The minimum absolute atomic E-state index is 0.509. The summed E-state index contributed by atoms with van der Waals surface area (Å²) in [4.78, 5) is 2.49. The van der Waals surface area contributed by atoms with Gasteiger partial charge in [0.25, 0.3) is 0 Å². The number of nitrogens with one attached hydrogen (secondary N) is 1. The molecule has 2 heterocycles. The molecule has 0 aliphatic carbocycles. The summed E-state index contributed by atoms with van der Waals surface area (Å²) in [6.07, 6.45) is 4.49. The molecule has 0 spiro atoms. The standard InChI is InChI=1S/C13H24N4/c1-3-12(2)17-9-5-13(15-17)11-16-8-4-6-14-7-10-16/h5,9,12,14H,3-4,6-8,10-11H2,1-2H3. The molecule has 1 aliphatic heterocycles. The number of rotatable bonds is 4. The van der Waals surface area contributed by atoms with Crippen LogP contribution in [0.3, 0.4) is 0 Å². The first-order valence-electron chi connectivity index (χ1n) is 6.76. The van der Waals surface area contributed by atoms with Crippen molar-refractivity contribution in [2.75, 3.05) is 26.2 Å². The van der Waals surface area contributed by atoms with Crippen LogP contribution >= 0.6 is 0 Å². The molecular formula is C13H24N4. The van der Waals surface area contributed by atoms with Crippen LogP contribution in [-0.2, 0) is 6.54 Å². The SMILES string of the molecule is CCC(C)n1ccc(CN2CCCNCC2)n1. The second-order valence-electron chi connectivity index (χ2n) is 4.92. The number of hydrogen-bond donors (Lipinski definition) is 1. The van der Waals surface area contributed by atoms with Gasteiger partial charge in [0.05, 0.1) is 5.69 Å². The third kappa shape index (κ3) is 3.54. The molecule has 4 nitrogen and oxygen atoms in total. The monoisotopic (exact) mass is 236 g/mol. The Labute approximate surface area is 104 Å². The van der Waals surface area contributed by atoms with Gasteiger partial charge in [-0.1, -0.05) is 6.92 Å². The number of aromatic nitrogens is 2. The maximum atomic E-state index is 4.66. The molecule has 1 fully saturated rings. The van der Waals surface area contributed by atoms with Crippen LogP contribution in [0.15, 0.2) is 12.3 Å². The Kier molecular flexibility index (Phi) is 4.57. The molecule has 96 valence electrons. The fraction of sp³-hybridized carbons (Fsp3) is 0.769. The fourth-order valence-electron chi connectivity index (χ4n) is 2.18. The van der Waals surface area contributed by atoms with Gasteiger partial charge in [-0.15, -0.1) is 0 Å². The average Bonchev–Trinajstić information content (AvgIpc) is 2.65. The molecule has 1 aromatic heterocycles. The molecule has 0 amide bonds. The van der Waals surface area contributed by atoms with E-state index in [-0.39, 0.29) is 0 Å². The van der Waals surface area contributed by atoms with Gasteiger partial charge in [0.1, 0.15) is 0 Å². The lowest BCUT2D eigenvalue weighted by Gasteiger charge is -2.17. The van der Waals surface area contributed by atoms with E-state index in [4.69, 9.17) is 0 Å². The molecule has 1 unspecified atom stereocenters. The quantitative estimate of drug-likeness (QED) is 0.863. The lowest BCUT2D eigenvalue weighted by molar-refractivity contribution is 0.279. The van der Waals surface area contributed by atoms with Gasteiger partial charge >= 0.3 is 0 Å². The Balaban J connectivity index is 1.91. The van der Waals surface area contributed by atoms with Crippen molar-refractivity contribution in [3.05, 3.63) is 18.0 Å². The van der Waals surface area contributed by atoms with Crippen molar-refractivity contribution in [1.82, 2.24) is 20.0 Å². The highest BCUT2D eigenvalue weighted by Gasteiger charge is 2.11. The normalized spacial score (nSPS) is 20.1. The van der Waals surface area contributed by atoms with E-state index < -0.39 is 0 Å². The van der Waals surface area contributed by atoms with Gasteiger partial charge in [0, 0.05) is 31.9 Å². The van der Waals surface area contributed by atoms with Crippen molar-refractivity contribution < 1.29 is 0 Å². The van der Waals surface area contributed by atoms with E-state index in [0.717, 1.165) is 32.6 Å². The molecule has 1 N–H and O–H groups in total. The predicted octanol–water partition coefficient (Wildman–Crippen LogP) is 1.65. The summed E-state index contributed by atoms with van der Waals surface area (Å²) in [6, 6.07) is 2.67. The van der Waals surface area contributed by atoms with E-state index >= 15 is 0 Å². The molecule has 17 heavy (non-hydrogen) atoms. The molecule has 0 bridgehead atoms. The highest BCUT2D eigenvalue weighted by atomic mass is 15.3. The summed E-state index contributed by atoms with van der Waals surface area (Å²) in [7, 11) is 0. The molecule has 0 aromatic carbocycles. The first kappa shape index (κ1) is 12.6. The maximum Gasteiger partial charge on any atom is 0.0764 e. The molecule has 1 saturated heterocycles. The molecule has 2 rings (SSSR count). The second-order valence-corrected chi connectivity index (χ2v) is 4.92. The van der Waals surface area contributed by atoms with E-state index in [1.54, 1.807) is 0 Å². The summed E-state index contributed by atoms with van der Waals surface area (Å²) < 4.78 is 2.09. The Hall–Kier alpha value is -0.870. The van der Waals surface area contributed by atoms with Crippen LogP contribution in [0.4, 0.5) is 0 Å². The Bertz CT molecular complexity index is 326. The average molecular weight is 236 g/mol. The highest BCUT2D eigenvalue weighted by molar-refractivity contribution is 4.99. The van der Waals surface area contributed by atoms with Crippen LogP contribution < -0.4 is 5.32 Å². The smallest absolute Gasteiger partial charge is 0.0764 e. The van der Waals surface area contributed by atoms with Gasteiger partial charge < -0.3 is 5.32 Å². The van der Waals surface area contributed by atoms with Gasteiger partial charge in [-0.2, -0.15) is 5.10 Å². The maximum absolute atomic E-state index is 4.66. The molecule has 1 aromatic rings. The summed E-state index contributed by atoms with van der Waals surface area (Å²) in [5, 5.41) is 8.09. The van der Waals surface area contributed by atoms with Crippen LogP contribution in [-0.4, -0.2) is 40.9 Å². The molecule has 1 aliphatic rings. The summed E-state index contributed by atoms with van der Waals surface area (Å²) in [6.45, 7) is 9.98. The Morgan fingerprint density at radius 1 is 1.41 bits per heavy atom. The Morgan fingerprint density at radius 3 is 3.12 bits per heavy atom. The molecule has 1 atom stereocenters. The van der Waals surface area contributed by atoms with Gasteiger partial charge in [0.15, 0.2) is 0 Å². The van der Waals surface area contributed by atoms with Crippen molar-refractivity contribution in [3.8, 4) is 0 Å². The molecule has 0 saturated carbocycles. The van der Waals surface area contributed by atoms with E-state index in [1.165, 1.54) is 18.7 Å². The number of hydrogen-bond acceptors (Lipinski definition) is 3. The summed E-state index contributed by atoms with van der Waals surface area (Å²) >= 11 is 0. The van der Waals surface area contributed by atoms with Gasteiger partial charge in [-0.05, 0) is 38.9 Å². The van der Waals surface area contributed by atoms with E-state index in [9.17, 15) is 0 Å². The molecule has 0 radical (unpaired) electrons. The fourth-order valence-corrected chi connectivity index (χ4v) is 2.18. The van der Waals surface area contributed by atoms with Gasteiger partial charge in [0.2, 0.25) is 0 Å². The van der Waals surface area contributed by atoms with Crippen LogP contribution in [0.1, 0.15) is 38.4 Å². The topological polar surface area (TPSA) is 33.1 Å². The number of nitrogens with zero attached hydrogens (tertiary/aromatic N) is 3. The van der Waals surface area contributed by atoms with E-state index in [0.29, 0.717) is 6.04 Å². The van der Waals surface area contributed by atoms with E-state index in [1.807, 2.05) is 0 Å². The van der Waals surface area contributed by atoms with Crippen molar-refractivity contribution >= 4 is 0 Å². The van der Waals surface area contributed by atoms with Crippen LogP contribution in [0.5, 0.6) is 0 Å². The van der Waals surface area contributed by atoms with Crippen LogP contribution in [0.2, 0.25) is 0 Å². The van der Waals surface area contributed by atoms with Crippen molar-refractivity contribution in [2.24, 2.45) is 0 Å². The van der Waals surface area contributed by atoms with Crippen LogP contribution in [0.25, 0.3) is 0 Å². The zero-order valence-corrected chi connectivity index (χ0v) is 11.0. The zero-order chi connectivity index (χ0) is 12.1. The minimum atomic E-state index is 0.509. The lowest BCUT2D eigenvalue weighted by Crippen LogP contribution is -2.27. The third-order valence-electron chi connectivity index (χ3n) is 3.52. The van der Waals surface area contributed by atoms with Gasteiger partial charge in [-0.25, -0.2) is 0 Å². The lowest BCUT2D eigenvalue weighted by atomic mass is 10.3. The first-order valence-corrected chi connectivity index (χ1v) is 6.76. The molecular weight excluding hydrogens is 212 g/mol. The molecule has 4 heteroatoms. The highest BCUT2D eigenvalue weighted by Crippen LogP contribution is 2.10. The second kappa shape index (κ2) is 6.17. The minimum Gasteiger partial charge on any atom is -0.315 e. The third-order valence-corrected chi connectivity index (χ3v) is 3.52. The zero-order valence-electron chi connectivity index (χ0n) is 11.0. The van der Waals surface area contributed by atoms with Crippen molar-refractivity contribution in [3.63, 3.8) is 0 Å². The van der Waals surface area contributed by atoms with Crippen molar-refractivity contribution in [1.29, 1.82) is 0 Å². The van der Waals surface area contributed by atoms with E-state index in [2.05, 4.69) is 46.1 Å². The summed E-state index contributed by atoms with van der Waals surface area (Å²) in [5.74, 6) is 0. The predicted molar refractivity (Wildman–Crippen MR) is 70.0 cm³/mol. The largest absolute Gasteiger partial charge is 0.315 e.